The summed E-state index contributed by atoms with van der Waals surface area (Å²) in [5, 5.41) is 6.88. The molecular formula is C16H20FN5O2. The van der Waals surface area contributed by atoms with E-state index < -0.39 is 11.9 Å². The molecule has 0 radical (unpaired) electrons. The summed E-state index contributed by atoms with van der Waals surface area (Å²) in [5.74, 6) is -0.171. The lowest BCUT2D eigenvalue weighted by atomic mass is 10.0. The predicted molar refractivity (Wildman–Crippen MR) is 84.7 cm³/mol. The molecule has 2 aromatic heterocycles. The van der Waals surface area contributed by atoms with E-state index in [1.807, 2.05) is 0 Å². The number of rotatable bonds is 6. The molecule has 1 unspecified atom stereocenters. The first-order valence-corrected chi connectivity index (χ1v) is 7.98. The zero-order valence-corrected chi connectivity index (χ0v) is 13.5. The van der Waals surface area contributed by atoms with Gasteiger partial charge in [-0.15, -0.1) is 5.10 Å². The molecule has 1 amide bonds. The number of methoxy groups -OCH3 is 1. The largest absolute Gasteiger partial charge is 0.371 e. The van der Waals surface area contributed by atoms with Crippen molar-refractivity contribution in [2.24, 2.45) is 5.92 Å². The molecule has 0 aromatic carbocycles. The van der Waals surface area contributed by atoms with Crippen LogP contribution in [0.15, 0.2) is 24.8 Å². The molecule has 1 aliphatic carbocycles. The molecule has 2 heterocycles. The van der Waals surface area contributed by atoms with Crippen molar-refractivity contribution in [1.82, 2.24) is 19.7 Å². The van der Waals surface area contributed by atoms with Crippen LogP contribution in [0.25, 0.3) is 0 Å². The molecule has 1 N–H and O–H groups in total. The number of hydrogen-bond acceptors (Lipinski definition) is 5. The molecule has 24 heavy (non-hydrogen) atoms. The van der Waals surface area contributed by atoms with Gasteiger partial charge in [-0.2, -0.15) is 0 Å². The number of carbonyl (C=O) groups is 1. The fourth-order valence-electron chi connectivity index (χ4n) is 3.11. The molecular weight excluding hydrogens is 313 g/mol. The van der Waals surface area contributed by atoms with E-state index >= 15 is 0 Å². The van der Waals surface area contributed by atoms with Gasteiger partial charge in [0.1, 0.15) is 18.2 Å². The number of hydrogen-bond donors (Lipinski definition) is 1. The average Bonchev–Trinajstić information content (AvgIpc) is 3.21. The van der Waals surface area contributed by atoms with Crippen molar-refractivity contribution in [2.75, 3.05) is 12.4 Å². The van der Waals surface area contributed by atoms with Crippen LogP contribution in [-0.2, 0) is 16.1 Å². The first kappa shape index (κ1) is 16.5. The highest BCUT2D eigenvalue weighted by Crippen LogP contribution is 2.29. The second kappa shape index (κ2) is 7.48. The Balaban J connectivity index is 1.61. The van der Waals surface area contributed by atoms with Crippen molar-refractivity contribution in [1.29, 1.82) is 0 Å². The van der Waals surface area contributed by atoms with Crippen LogP contribution in [0.1, 0.15) is 31.2 Å². The molecule has 0 spiro atoms. The van der Waals surface area contributed by atoms with Gasteiger partial charge in [0.25, 0.3) is 5.91 Å². The molecule has 128 valence electrons. The Morgan fingerprint density at radius 1 is 1.46 bits per heavy atom. The van der Waals surface area contributed by atoms with E-state index in [1.165, 1.54) is 17.1 Å². The maximum atomic E-state index is 13.1. The number of anilines is 1. The van der Waals surface area contributed by atoms with E-state index in [9.17, 15) is 9.18 Å². The van der Waals surface area contributed by atoms with Gasteiger partial charge in [0.15, 0.2) is 0 Å². The molecule has 3 rings (SSSR count). The molecule has 8 heteroatoms. The van der Waals surface area contributed by atoms with Gasteiger partial charge in [0.05, 0.1) is 12.7 Å². The quantitative estimate of drug-likeness (QED) is 0.874. The Labute approximate surface area is 139 Å². The van der Waals surface area contributed by atoms with E-state index in [0.29, 0.717) is 12.1 Å². The average molecular weight is 333 g/mol. The van der Waals surface area contributed by atoms with Gasteiger partial charge in [0, 0.05) is 13.3 Å². The van der Waals surface area contributed by atoms with Gasteiger partial charge in [-0.1, -0.05) is 12.8 Å². The normalized spacial score (nSPS) is 16.2. The first-order chi connectivity index (χ1) is 11.7. The Kier molecular flexibility index (Phi) is 5.14. The van der Waals surface area contributed by atoms with Crippen molar-refractivity contribution in [2.45, 2.75) is 38.3 Å². The number of aromatic nitrogens is 4. The molecule has 7 nitrogen and oxygen atoms in total. The van der Waals surface area contributed by atoms with Gasteiger partial charge in [-0.05, 0) is 30.4 Å². The van der Waals surface area contributed by atoms with E-state index in [2.05, 4.69) is 20.4 Å². The Hall–Kier alpha value is -2.35. The Morgan fingerprint density at radius 3 is 2.96 bits per heavy atom. The van der Waals surface area contributed by atoms with Gasteiger partial charge in [-0.25, -0.2) is 14.1 Å². The van der Waals surface area contributed by atoms with Crippen LogP contribution >= 0.6 is 0 Å². The number of nitrogens with one attached hydrogen (secondary N) is 1. The summed E-state index contributed by atoms with van der Waals surface area (Å²) in [7, 11) is 1.55. The van der Waals surface area contributed by atoms with Crippen LogP contribution in [0.3, 0.4) is 0 Å². The van der Waals surface area contributed by atoms with E-state index in [-0.39, 0.29) is 17.8 Å². The van der Waals surface area contributed by atoms with Crippen LogP contribution in [0.2, 0.25) is 0 Å². The standard InChI is InChI=1S/C16H20FN5O2/c1-24-14(12-4-2-3-5-12)15(23)20-16-19-10-22(21-16)9-11-6-13(17)8-18-7-11/h6-8,10,12,14H,2-5,9H2,1H3,(H,20,21,23). The minimum absolute atomic E-state index is 0.212. The second-order valence-corrected chi connectivity index (χ2v) is 5.97. The van der Waals surface area contributed by atoms with Gasteiger partial charge in [-0.3, -0.25) is 15.1 Å². The molecule has 1 aliphatic rings. The summed E-state index contributed by atoms with van der Waals surface area (Å²) >= 11 is 0. The maximum Gasteiger partial charge on any atom is 0.256 e. The lowest BCUT2D eigenvalue weighted by Gasteiger charge is -2.20. The van der Waals surface area contributed by atoms with Gasteiger partial charge >= 0.3 is 0 Å². The minimum Gasteiger partial charge on any atom is -0.371 e. The number of ether oxygens (including phenoxy) is 1. The monoisotopic (exact) mass is 333 g/mol. The molecule has 0 saturated heterocycles. The van der Waals surface area contributed by atoms with Crippen molar-refractivity contribution in [3.05, 3.63) is 36.2 Å². The zero-order chi connectivity index (χ0) is 16.9. The lowest BCUT2D eigenvalue weighted by molar-refractivity contribution is -0.128. The highest BCUT2D eigenvalue weighted by Gasteiger charge is 2.31. The summed E-state index contributed by atoms with van der Waals surface area (Å²) in [4.78, 5) is 20.2. The molecule has 2 aromatic rings. The smallest absolute Gasteiger partial charge is 0.256 e. The summed E-state index contributed by atoms with van der Waals surface area (Å²) in [5.41, 5.74) is 0.665. The number of nitrogens with zero attached hydrogens (tertiary/aromatic N) is 4. The van der Waals surface area contributed by atoms with Gasteiger partial charge < -0.3 is 4.74 Å². The van der Waals surface area contributed by atoms with E-state index in [0.717, 1.165) is 31.9 Å². The third kappa shape index (κ3) is 3.94. The van der Waals surface area contributed by atoms with Crippen molar-refractivity contribution in [3.63, 3.8) is 0 Å². The summed E-state index contributed by atoms with van der Waals surface area (Å²) in [6.07, 6.45) is 7.97. The van der Waals surface area contributed by atoms with Crippen LogP contribution in [0, 0.1) is 11.7 Å². The predicted octanol–water partition coefficient (Wildman–Crippen LogP) is 2.00. The van der Waals surface area contributed by atoms with Crippen LogP contribution in [-0.4, -0.2) is 38.9 Å². The Bertz CT molecular complexity index is 699. The third-order valence-corrected chi connectivity index (χ3v) is 4.22. The SMILES string of the molecule is COC(C(=O)Nc1ncn(Cc2cncc(F)c2)n1)C1CCCC1. The van der Waals surface area contributed by atoms with Gasteiger partial charge in [0.2, 0.25) is 5.95 Å². The molecule has 1 atom stereocenters. The van der Waals surface area contributed by atoms with Crippen LogP contribution in [0.5, 0.6) is 0 Å². The molecule has 1 fully saturated rings. The first-order valence-electron chi connectivity index (χ1n) is 7.98. The third-order valence-electron chi connectivity index (χ3n) is 4.22. The second-order valence-electron chi connectivity index (χ2n) is 5.97. The molecule has 0 bridgehead atoms. The van der Waals surface area contributed by atoms with E-state index in [1.54, 1.807) is 13.3 Å². The fraction of sp³-hybridized carbons (Fsp3) is 0.500. The zero-order valence-electron chi connectivity index (χ0n) is 13.5. The summed E-state index contributed by atoms with van der Waals surface area (Å²) < 4.78 is 20.0. The highest BCUT2D eigenvalue weighted by molar-refractivity contribution is 5.92. The number of carbonyl (C=O) groups excluding carboxylic acids is 1. The maximum absolute atomic E-state index is 13.1. The van der Waals surface area contributed by atoms with Crippen LogP contribution < -0.4 is 5.32 Å². The topological polar surface area (TPSA) is 81.9 Å². The number of amides is 1. The molecule has 0 aliphatic heterocycles. The van der Waals surface area contributed by atoms with Crippen molar-refractivity contribution in [3.8, 4) is 0 Å². The molecule has 1 saturated carbocycles. The lowest BCUT2D eigenvalue weighted by Crippen LogP contribution is -2.35. The fourth-order valence-corrected chi connectivity index (χ4v) is 3.11. The Morgan fingerprint density at radius 2 is 2.25 bits per heavy atom. The van der Waals surface area contributed by atoms with E-state index in [4.69, 9.17) is 4.74 Å². The van der Waals surface area contributed by atoms with Crippen LogP contribution in [0.4, 0.5) is 10.3 Å². The highest BCUT2D eigenvalue weighted by atomic mass is 19.1. The summed E-state index contributed by atoms with van der Waals surface area (Å²) in [6.45, 7) is 0.323. The van der Waals surface area contributed by atoms with Crippen molar-refractivity contribution < 1.29 is 13.9 Å². The summed E-state index contributed by atoms with van der Waals surface area (Å²) in [6, 6.07) is 1.38. The minimum atomic E-state index is -0.480. The number of halogens is 1. The van der Waals surface area contributed by atoms with Crippen molar-refractivity contribution >= 4 is 11.9 Å². The number of pyridine rings is 1.